The molecule has 0 radical (unpaired) electrons. The molecule has 120 valence electrons. The Balaban J connectivity index is 2.55. The van der Waals surface area contributed by atoms with Crippen LogP contribution < -0.4 is 4.72 Å². The van der Waals surface area contributed by atoms with E-state index in [-0.39, 0.29) is 5.92 Å². The second kappa shape index (κ2) is 6.13. The zero-order valence-corrected chi connectivity index (χ0v) is 14.2. The second-order valence-electron chi connectivity index (χ2n) is 5.67. The maximum atomic E-state index is 11.5. The lowest BCUT2D eigenvalue weighted by Crippen LogP contribution is -2.27. The summed E-state index contributed by atoms with van der Waals surface area (Å²) in [6, 6.07) is 1.35. The second-order valence-corrected chi connectivity index (χ2v) is 7.45. The van der Waals surface area contributed by atoms with Crippen molar-refractivity contribution in [1.29, 1.82) is 0 Å². The van der Waals surface area contributed by atoms with Crippen molar-refractivity contribution in [3.8, 4) is 5.69 Å². The Hall–Kier alpha value is -1.80. The monoisotopic (exact) mass is 323 g/mol. The highest BCUT2D eigenvalue weighted by atomic mass is 32.2. The van der Waals surface area contributed by atoms with Crippen LogP contribution in [-0.4, -0.2) is 34.4 Å². The summed E-state index contributed by atoms with van der Waals surface area (Å²) in [5, 5.41) is 4.53. The summed E-state index contributed by atoms with van der Waals surface area (Å²) in [6.07, 6.45) is 4.55. The standard InChI is InChI=1S/C14H21N5O2S/c1-9(2)13-16-14(11(4)18-22(5,20)21)19(17-13)12-6-7-15-8-10(12)3/h6-9,11,18H,1-5H3/t11-/m1/s1. The van der Waals surface area contributed by atoms with Crippen LogP contribution in [0.15, 0.2) is 18.5 Å². The molecule has 0 saturated carbocycles. The normalized spacial score (nSPS) is 13.5. The van der Waals surface area contributed by atoms with Gasteiger partial charge in [0.25, 0.3) is 0 Å². The Bertz CT molecular complexity index is 767. The van der Waals surface area contributed by atoms with Crippen molar-refractivity contribution in [3.63, 3.8) is 0 Å². The van der Waals surface area contributed by atoms with E-state index in [1.165, 1.54) is 0 Å². The van der Waals surface area contributed by atoms with E-state index in [9.17, 15) is 8.42 Å². The maximum Gasteiger partial charge on any atom is 0.209 e. The third-order valence-corrected chi connectivity index (χ3v) is 3.94. The number of rotatable bonds is 5. The van der Waals surface area contributed by atoms with Crippen molar-refractivity contribution in [2.75, 3.05) is 6.26 Å². The van der Waals surface area contributed by atoms with Crippen LogP contribution in [0, 0.1) is 6.92 Å². The van der Waals surface area contributed by atoms with Crippen LogP contribution in [0.2, 0.25) is 0 Å². The van der Waals surface area contributed by atoms with E-state index >= 15 is 0 Å². The lowest BCUT2D eigenvalue weighted by Gasteiger charge is -2.14. The summed E-state index contributed by atoms with van der Waals surface area (Å²) in [5.74, 6) is 1.38. The molecular formula is C14H21N5O2S. The van der Waals surface area contributed by atoms with Gasteiger partial charge in [0.1, 0.15) is 5.82 Å². The van der Waals surface area contributed by atoms with E-state index in [1.807, 2.05) is 26.8 Å². The van der Waals surface area contributed by atoms with E-state index < -0.39 is 16.1 Å². The summed E-state index contributed by atoms with van der Waals surface area (Å²) in [4.78, 5) is 8.59. The molecule has 2 rings (SSSR count). The minimum absolute atomic E-state index is 0.146. The number of pyridine rings is 1. The van der Waals surface area contributed by atoms with Crippen LogP contribution in [-0.2, 0) is 10.0 Å². The molecule has 2 aromatic rings. The predicted molar refractivity (Wildman–Crippen MR) is 84.4 cm³/mol. The molecule has 0 aromatic carbocycles. The van der Waals surface area contributed by atoms with Crippen molar-refractivity contribution in [2.45, 2.75) is 39.7 Å². The first-order valence-corrected chi connectivity index (χ1v) is 8.93. The Kier molecular flexibility index (Phi) is 4.62. The molecule has 2 heterocycles. The van der Waals surface area contributed by atoms with Gasteiger partial charge in [0, 0.05) is 18.3 Å². The predicted octanol–water partition coefficient (Wildman–Crippen LogP) is 1.70. The molecule has 0 unspecified atom stereocenters. The summed E-state index contributed by atoms with van der Waals surface area (Å²) in [7, 11) is -3.34. The van der Waals surface area contributed by atoms with E-state index in [1.54, 1.807) is 24.0 Å². The maximum absolute atomic E-state index is 11.5. The molecule has 0 amide bonds. The molecule has 2 aromatic heterocycles. The number of hydrogen-bond acceptors (Lipinski definition) is 5. The summed E-state index contributed by atoms with van der Waals surface area (Å²) in [5.41, 5.74) is 1.78. The lowest BCUT2D eigenvalue weighted by atomic mass is 10.2. The minimum Gasteiger partial charge on any atom is -0.264 e. The topological polar surface area (TPSA) is 89.8 Å². The average molecular weight is 323 g/mol. The molecule has 1 atom stereocenters. The third kappa shape index (κ3) is 3.69. The Morgan fingerprint density at radius 1 is 1.27 bits per heavy atom. The number of nitrogens with zero attached hydrogens (tertiary/aromatic N) is 4. The number of nitrogens with one attached hydrogen (secondary N) is 1. The Labute approximate surface area is 130 Å². The smallest absolute Gasteiger partial charge is 0.209 e. The van der Waals surface area contributed by atoms with Gasteiger partial charge in [0.05, 0.1) is 18.0 Å². The lowest BCUT2D eigenvalue weighted by molar-refractivity contribution is 0.560. The van der Waals surface area contributed by atoms with Crippen LogP contribution in [0.1, 0.15) is 49.9 Å². The Morgan fingerprint density at radius 2 is 1.95 bits per heavy atom. The van der Waals surface area contributed by atoms with Crippen molar-refractivity contribution in [3.05, 3.63) is 35.7 Å². The third-order valence-electron chi connectivity index (χ3n) is 3.16. The van der Waals surface area contributed by atoms with Gasteiger partial charge in [0.15, 0.2) is 5.82 Å². The van der Waals surface area contributed by atoms with Crippen LogP contribution in [0.3, 0.4) is 0 Å². The van der Waals surface area contributed by atoms with Gasteiger partial charge in [-0.2, -0.15) is 5.10 Å². The number of aryl methyl sites for hydroxylation is 1. The van der Waals surface area contributed by atoms with E-state index in [0.29, 0.717) is 11.6 Å². The molecular weight excluding hydrogens is 302 g/mol. The largest absolute Gasteiger partial charge is 0.264 e. The molecule has 0 bridgehead atoms. The van der Waals surface area contributed by atoms with Crippen LogP contribution in [0.25, 0.3) is 5.69 Å². The molecule has 0 fully saturated rings. The number of aromatic nitrogens is 4. The van der Waals surface area contributed by atoms with Gasteiger partial charge in [0.2, 0.25) is 10.0 Å². The molecule has 7 nitrogen and oxygen atoms in total. The van der Waals surface area contributed by atoms with Gasteiger partial charge < -0.3 is 0 Å². The van der Waals surface area contributed by atoms with Crippen molar-refractivity contribution >= 4 is 10.0 Å². The number of sulfonamides is 1. The highest BCUT2D eigenvalue weighted by Gasteiger charge is 2.22. The van der Waals surface area contributed by atoms with Gasteiger partial charge in [-0.05, 0) is 25.5 Å². The van der Waals surface area contributed by atoms with E-state index in [4.69, 9.17) is 0 Å². The van der Waals surface area contributed by atoms with Crippen LogP contribution >= 0.6 is 0 Å². The van der Waals surface area contributed by atoms with E-state index in [2.05, 4.69) is 19.8 Å². The van der Waals surface area contributed by atoms with Crippen LogP contribution in [0.5, 0.6) is 0 Å². The summed E-state index contributed by atoms with van der Waals surface area (Å²) >= 11 is 0. The first kappa shape index (κ1) is 16.6. The van der Waals surface area contributed by atoms with Gasteiger partial charge in [-0.15, -0.1) is 0 Å². The van der Waals surface area contributed by atoms with Gasteiger partial charge in [-0.1, -0.05) is 13.8 Å². The van der Waals surface area contributed by atoms with Crippen molar-refractivity contribution in [2.24, 2.45) is 0 Å². The fraction of sp³-hybridized carbons (Fsp3) is 0.500. The SMILES string of the molecule is Cc1cnccc1-n1nc(C(C)C)nc1[C@@H](C)NS(C)(=O)=O. The fourth-order valence-corrected chi connectivity index (χ4v) is 2.87. The quantitative estimate of drug-likeness (QED) is 0.904. The zero-order chi connectivity index (χ0) is 16.5. The Morgan fingerprint density at radius 3 is 2.50 bits per heavy atom. The van der Waals surface area contributed by atoms with E-state index in [0.717, 1.165) is 17.5 Å². The first-order chi connectivity index (χ1) is 10.2. The molecule has 0 aliphatic heterocycles. The van der Waals surface area contributed by atoms with Gasteiger partial charge in [-0.25, -0.2) is 22.8 Å². The molecule has 0 spiro atoms. The van der Waals surface area contributed by atoms with Gasteiger partial charge >= 0.3 is 0 Å². The molecule has 0 saturated heterocycles. The first-order valence-electron chi connectivity index (χ1n) is 7.04. The van der Waals surface area contributed by atoms with Crippen molar-refractivity contribution in [1.82, 2.24) is 24.5 Å². The molecule has 1 N–H and O–H groups in total. The highest BCUT2D eigenvalue weighted by molar-refractivity contribution is 7.88. The van der Waals surface area contributed by atoms with Crippen molar-refractivity contribution < 1.29 is 8.42 Å². The molecule has 8 heteroatoms. The van der Waals surface area contributed by atoms with Gasteiger partial charge in [-0.3, -0.25) is 4.98 Å². The highest BCUT2D eigenvalue weighted by Crippen LogP contribution is 2.21. The molecule has 22 heavy (non-hydrogen) atoms. The molecule has 0 aliphatic carbocycles. The number of hydrogen-bond donors (Lipinski definition) is 1. The minimum atomic E-state index is -3.34. The molecule has 0 aliphatic rings. The fourth-order valence-electron chi connectivity index (χ4n) is 2.12. The van der Waals surface area contributed by atoms with Crippen LogP contribution in [0.4, 0.5) is 0 Å². The zero-order valence-electron chi connectivity index (χ0n) is 13.4. The summed E-state index contributed by atoms with van der Waals surface area (Å²) in [6.45, 7) is 7.68. The summed E-state index contributed by atoms with van der Waals surface area (Å²) < 4.78 is 27.2. The average Bonchev–Trinajstić information content (AvgIpc) is 2.82.